The summed E-state index contributed by atoms with van der Waals surface area (Å²) in [6.45, 7) is -0.503. The molecule has 0 radical (unpaired) electrons. The Morgan fingerprint density at radius 1 is 1.06 bits per heavy atom. The Bertz CT molecular complexity index is 1170. The van der Waals surface area contributed by atoms with Gasteiger partial charge in [0.05, 0.1) is 17.8 Å². The zero-order valence-corrected chi connectivity index (χ0v) is 17.2. The van der Waals surface area contributed by atoms with Gasteiger partial charge in [0.1, 0.15) is 23.0 Å². The zero-order valence-electron chi connectivity index (χ0n) is 17.2. The molecule has 0 saturated heterocycles. The monoisotopic (exact) mass is 416 g/mol. The number of nitrogens with zero attached hydrogens (tertiary/aromatic N) is 4. The Labute approximate surface area is 178 Å². The van der Waals surface area contributed by atoms with E-state index in [1.54, 1.807) is 30.0 Å². The Kier molecular flexibility index (Phi) is 5.41. The number of benzene rings is 2. The Balaban J connectivity index is 1.39. The van der Waals surface area contributed by atoms with Gasteiger partial charge < -0.3 is 19.0 Å². The summed E-state index contributed by atoms with van der Waals surface area (Å²) in [6.07, 6.45) is 0.276. The largest absolute Gasteiger partial charge is 0.457 e. The van der Waals surface area contributed by atoms with E-state index in [9.17, 15) is 14.9 Å². The fourth-order valence-electron chi connectivity index (χ4n) is 3.58. The summed E-state index contributed by atoms with van der Waals surface area (Å²) < 4.78 is 10.7. The van der Waals surface area contributed by atoms with Crippen LogP contribution in [0.4, 0.5) is 11.4 Å². The van der Waals surface area contributed by atoms with Gasteiger partial charge >= 0.3 is 5.97 Å². The molecule has 0 spiro atoms. The number of Topliss-reactive ketones (excluding diaryl/α,β-unsaturated/α-hetero) is 1. The van der Waals surface area contributed by atoms with Crippen LogP contribution in [0.15, 0.2) is 64.3 Å². The number of ether oxygens (including phenoxy) is 1. The van der Waals surface area contributed by atoms with Crippen molar-refractivity contribution in [3.63, 3.8) is 0 Å². The second-order valence-corrected chi connectivity index (χ2v) is 7.08. The Hall–Kier alpha value is -4.12. The average molecular weight is 416 g/mol. The number of esters is 1. The van der Waals surface area contributed by atoms with Crippen LogP contribution in [-0.4, -0.2) is 37.4 Å². The highest BCUT2D eigenvalue weighted by molar-refractivity contribution is 6.03. The maximum Gasteiger partial charge on any atom is 0.306 e. The van der Waals surface area contributed by atoms with Crippen LogP contribution < -0.4 is 9.80 Å². The third kappa shape index (κ3) is 3.85. The van der Waals surface area contributed by atoms with Crippen molar-refractivity contribution in [3.8, 4) is 6.07 Å². The number of rotatable bonds is 6. The maximum absolute atomic E-state index is 12.7. The molecule has 1 aliphatic heterocycles. The minimum Gasteiger partial charge on any atom is -0.457 e. The van der Waals surface area contributed by atoms with Gasteiger partial charge in [0.25, 0.3) is 0 Å². The lowest BCUT2D eigenvalue weighted by Gasteiger charge is -2.19. The van der Waals surface area contributed by atoms with Crippen molar-refractivity contribution in [1.82, 2.24) is 4.98 Å². The SMILES string of the molecule is CN1C(=C(C#N)C(=O)COC(=O)CCc2nc3ccccc3o2)N(C)c2ccccc21. The first-order chi connectivity index (χ1) is 15.0. The third-order valence-corrected chi connectivity index (χ3v) is 5.10. The van der Waals surface area contributed by atoms with Crippen LogP contribution in [0.2, 0.25) is 0 Å². The highest BCUT2D eigenvalue weighted by atomic mass is 16.5. The molecule has 156 valence electrons. The van der Waals surface area contributed by atoms with Crippen molar-refractivity contribution in [1.29, 1.82) is 5.26 Å². The smallest absolute Gasteiger partial charge is 0.306 e. The van der Waals surface area contributed by atoms with Crippen molar-refractivity contribution < 1.29 is 18.7 Å². The summed E-state index contributed by atoms with van der Waals surface area (Å²) in [6, 6.07) is 16.9. The van der Waals surface area contributed by atoms with Crippen LogP contribution in [0, 0.1) is 11.3 Å². The van der Waals surface area contributed by atoms with Gasteiger partial charge in [-0.2, -0.15) is 5.26 Å². The molecule has 2 heterocycles. The molecule has 1 aliphatic rings. The molecule has 2 aromatic carbocycles. The number of hydrogen-bond acceptors (Lipinski definition) is 8. The number of hydrogen-bond donors (Lipinski definition) is 0. The number of aromatic nitrogens is 1. The van der Waals surface area contributed by atoms with E-state index in [1.807, 2.05) is 48.5 Å². The fourth-order valence-corrected chi connectivity index (χ4v) is 3.58. The number of nitriles is 1. The van der Waals surface area contributed by atoms with Crippen LogP contribution in [0.25, 0.3) is 11.1 Å². The van der Waals surface area contributed by atoms with Gasteiger partial charge in [-0.05, 0) is 24.3 Å². The molecule has 0 saturated carbocycles. The van der Waals surface area contributed by atoms with Crippen molar-refractivity contribution in [3.05, 3.63) is 65.8 Å². The quantitative estimate of drug-likeness (QED) is 0.343. The Morgan fingerprint density at radius 3 is 2.35 bits per heavy atom. The lowest BCUT2D eigenvalue weighted by molar-refractivity contribution is -0.147. The van der Waals surface area contributed by atoms with E-state index in [4.69, 9.17) is 9.15 Å². The van der Waals surface area contributed by atoms with E-state index in [1.165, 1.54) is 0 Å². The van der Waals surface area contributed by atoms with E-state index in [-0.39, 0.29) is 18.4 Å². The number of fused-ring (bicyclic) bond motifs is 2. The summed E-state index contributed by atoms with van der Waals surface area (Å²) in [5, 5.41) is 9.61. The van der Waals surface area contributed by atoms with Crippen molar-refractivity contribution in [2.45, 2.75) is 12.8 Å². The summed E-state index contributed by atoms with van der Waals surface area (Å²) >= 11 is 0. The number of oxazole rings is 1. The predicted octanol–water partition coefficient (Wildman–Crippen LogP) is 3.19. The van der Waals surface area contributed by atoms with E-state index in [0.717, 1.165) is 16.9 Å². The summed E-state index contributed by atoms with van der Waals surface area (Å²) in [5.41, 5.74) is 3.08. The fraction of sp³-hybridized carbons (Fsp3) is 0.217. The summed E-state index contributed by atoms with van der Waals surface area (Å²) in [5.74, 6) is -0.235. The number of para-hydroxylation sites is 4. The number of aryl methyl sites for hydroxylation is 1. The molecule has 0 fully saturated rings. The maximum atomic E-state index is 12.7. The van der Waals surface area contributed by atoms with Gasteiger partial charge in [0.2, 0.25) is 5.78 Å². The molecule has 0 N–H and O–H groups in total. The van der Waals surface area contributed by atoms with E-state index < -0.39 is 18.4 Å². The molecule has 0 aliphatic carbocycles. The number of anilines is 2. The molecular weight excluding hydrogens is 396 g/mol. The summed E-state index contributed by atoms with van der Waals surface area (Å²) in [7, 11) is 3.57. The predicted molar refractivity (Wildman–Crippen MR) is 114 cm³/mol. The van der Waals surface area contributed by atoms with Crippen LogP contribution in [-0.2, 0) is 20.7 Å². The van der Waals surface area contributed by atoms with Crippen LogP contribution >= 0.6 is 0 Å². The number of carbonyl (C=O) groups is 2. The molecule has 8 heteroatoms. The van der Waals surface area contributed by atoms with E-state index in [0.29, 0.717) is 17.3 Å². The van der Waals surface area contributed by atoms with Gasteiger partial charge in [-0.25, -0.2) is 4.98 Å². The van der Waals surface area contributed by atoms with Gasteiger partial charge in [-0.1, -0.05) is 24.3 Å². The first-order valence-electron chi connectivity index (χ1n) is 9.73. The van der Waals surface area contributed by atoms with Gasteiger partial charge in [0, 0.05) is 20.5 Å². The summed E-state index contributed by atoms with van der Waals surface area (Å²) in [4.78, 5) is 32.6. The molecular formula is C23H20N4O4. The topological polar surface area (TPSA) is 99.7 Å². The molecule has 0 unspecified atom stereocenters. The minimum absolute atomic E-state index is 0.0177. The molecule has 0 amide bonds. The molecule has 3 aromatic rings. The normalized spacial score (nSPS) is 12.6. The highest BCUT2D eigenvalue weighted by Crippen LogP contribution is 2.40. The van der Waals surface area contributed by atoms with Crippen molar-refractivity contribution >= 4 is 34.2 Å². The van der Waals surface area contributed by atoms with Crippen molar-refractivity contribution in [2.24, 2.45) is 0 Å². The van der Waals surface area contributed by atoms with Crippen LogP contribution in [0.5, 0.6) is 0 Å². The molecule has 0 bridgehead atoms. The van der Waals surface area contributed by atoms with Crippen molar-refractivity contribution in [2.75, 3.05) is 30.5 Å². The standard InChI is InChI=1S/C23H20N4O4/c1-26-17-8-4-5-9-18(17)27(2)23(26)15(13-24)19(28)14-30-22(29)12-11-21-25-16-7-3-6-10-20(16)31-21/h3-10H,11-12,14H2,1-2H3. The Morgan fingerprint density at radius 2 is 1.71 bits per heavy atom. The van der Waals surface area contributed by atoms with E-state index >= 15 is 0 Å². The van der Waals surface area contributed by atoms with Gasteiger partial charge in [-0.3, -0.25) is 9.59 Å². The lowest BCUT2D eigenvalue weighted by Crippen LogP contribution is -2.27. The second kappa shape index (κ2) is 8.32. The molecule has 8 nitrogen and oxygen atoms in total. The molecule has 1 aromatic heterocycles. The first kappa shape index (κ1) is 20.2. The van der Waals surface area contributed by atoms with E-state index in [2.05, 4.69) is 4.98 Å². The minimum atomic E-state index is -0.561. The van der Waals surface area contributed by atoms with Gasteiger partial charge in [-0.15, -0.1) is 0 Å². The zero-order chi connectivity index (χ0) is 22.0. The highest BCUT2D eigenvalue weighted by Gasteiger charge is 2.31. The average Bonchev–Trinajstić information content (AvgIpc) is 3.31. The molecule has 31 heavy (non-hydrogen) atoms. The lowest BCUT2D eigenvalue weighted by atomic mass is 10.2. The third-order valence-electron chi connectivity index (χ3n) is 5.10. The van der Waals surface area contributed by atoms with Crippen LogP contribution in [0.3, 0.4) is 0 Å². The molecule has 4 rings (SSSR count). The second-order valence-electron chi connectivity index (χ2n) is 7.08. The number of ketones is 1. The number of carbonyl (C=O) groups excluding carboxylic acids is 2. The van der Waals surface area contributed by atoms with Gasteiger partial charge in [0.15, 0.2) is 18.1 Å². The van der Waals surface area contributed by atoms with Crippen LogP contribution in [0.1, 0.15) is 12.3 Å². The molecule has 0 atom stereocenters. The first-order valence-corrected chi connectivity index (χ1v) is 9.73.